The lowest BCUT2D eigenvalue weighted by molar-refractivity contribution is 0.181. The molecule has 1 N–H and O–H groups in total. The van der Waals surface area contributed by atoms with E-state index in [-0.39, 0.29) is 0 Å². The third kappa shape index (κ3) is 4.96. The number of nitrogens with one attached hydrogen (secondary N) is 1. The highest BCUT2D eigenvalue weighted by Crippen LogP contribution is 2.31. The molecular weight excluding hydrogens is 238 g/mol. The number of imidazole rings is 1. The Morgan fingerprint density at radius 3 is 2.63 bits per heavy atom. The molecule has 4 heteroatoms. The average molecular weight is 267 g/mol. The second-order valence-electron chi connectivity index (χ2n) is 5.33. The molecular formula is C15H29N3O. The third-order valence-corrected chi connectivity index (χ3v) is 4.28. The molecule has 0 spiro atoms. The van der Waals surface area contributed by atoms with Crippen LogP contribution in [-0.2, 0) is 18.2 Å². The van der Waals surface area contributed by atoms with E-state index in [2.05, 4.69) is 35.8 Å². The molecule has 0 aliphatic carbocycles. The Balaban J connectivity index is 2.48. The monoisotopic (exact) mass is 267 g/mol. The zero-order valence-electron chi connectivity index (χ0n) is 12.9. The minimum atomic E-state index is 0.375. The van der Waals surface area contributed by atoms with Crippen LogP contribution in [0.4, 0.5) is 0 Å². The van der Waals surface area contributed by atoms with Gasteiger partial charge in [-0.25, -0.2) is 4.98 Å². The number of nitrogens with zero attached hydrogens (tertiary/aromatic N) is 2. The molecule has 1 rings (SSSR count). The van der Waals surface area contributed by atoms with Gasteiger partial charge in [0.1, 0.15) is 5.82 Å². The van der Waals surface area contributed by atoms with Gasteiger partial charge in [-0.3, -0.25) is 0 Å². The van der Waals surface area contributed by atoms with Crippen LogP contribution in [0.15, 0.2) is 12.4 Å². The predicted molar refractivity (Wildman–Crippen MR) is 79.3 cm³/mol. The summed E-state index contributed by atoms with van der Waals surface area (Å²) in [5, 5.41) is 3.52. The molecule has 0 radical (unpaired) electrons. The number of aromatic nitrogens is 2. The van der Waals surface area contributed by atoms with Crippen molar-refractivity contribution in [2.24, 2.45) is 12.5 Å². The van der Waals surface area contributed by atoms with Gasteiger partial charge in [-0.15, -0.1) is 0 Å². The first-order valence-electron chi connectivity index (χ1n) is 7.33. The maximum absolute atomic E-state index is 5.08. The zero-order valence-corrected chi connectivity index (χ0v) is 12.9. The lowest BCUT2D eigenvalue weighted by Crippen LogP contribution is -2.35. The van der Waals surface area contributed by atoms with Gasteiger partial charge in [0.25, 0.3) is 0 Å². The van der Waals surface area contributed by atoms with E-state index in [0.29, 0.717) is 5.41 Å². The number of rotatable bonds is 10. The quantitative estimate of drug-likeness (QED) is 0.662. The van der Waals surface area contributed by atoms with E-state index < -0.39 is 0 Å². The smallest absolute Gasteiger partial charge is 0.108 e. The summed E-state index contributed by atoms with van der Waals surface area (Å²) in [5.74, 6) is 1.18. The average Bonchev–Trinajstić information content (AvgIpc) is 2.84. The molecule has 19 heavy (non-hydrogen) atoms. The van der Waals surface area contributed by atoms with Crippen molar-refractivity contribution in [3.05, 3.63) is 18.2 Å². The van der Waals surface area contributed by atoms with Crippen LogP contribution in [-0.4, -0.2) is 36.4 Å². The normalized spacial score (nSPS) is 12.0. The van der Waals surface area contributed by atoms with Gasteiger partial charge in [0.05, 0.1) is 6.61 Å². The minimum absolute atomic E-state index is 0.375. The number of aryl methyl sites for hydroxylation is 2. The Morgan fingerprint density at radius 1 is 1.37 bits per heavy atom. The van der Waals surface area contributed by atoms with Gasteiger partial charge < -0.3 is 14.6 Å². The Morgan fingerprint density at radius 2 is 2.11 bits per heavy atom. The van der Waals surface area contributed by atoms with Crippen LogP contribution in [0.1, 0.15) is 38.9 Å². The molecule has 0 bridgehead atoms. The number of methoxy groups -OCH3 is 1. The highest BCUT2D eigenvalue weighted by atomic mass is 16.5. The summed E-state index contributed by atoms with van der Waals surface area (Å²) in [6.07, 6.45) is 8.54. The number of ether oxygens (including phenoxy) is 1. The third-order valence-electron chi connectivity index (χ3n) is 4.28. The predicted octanol–water partition coefficient (Wildman–Crippen LogP) is 2.40. The van der Waals surface area contributed by atoms with Crippen molar-refractivity contribution >= 4 is 0 Å². The van der Waals surface area contributed by atoms with Crippen LogP contribution >= 0.6 is 0 Å². The molecule has 0 aliphatic rings. The first-order chi connectivity index (χ1) is 9.17. The van der Waals surface area contributed by atoms with Crippen LogP contribution < -0.4 is 5.32 Å². The molecule has 0 fully saturated rings. The van der Waals surface area contributed by atoms with Crippen LogP contribution in [0.25, 0.3) is 0 Å². The fraction of sp³-hybridized carbons (Fsp3) is 0.800. The summed E-state index contributed by atoms with van der Waals surface area (Å²) < 4.78 is 7.20. The highest BCUT2D eigenvalue weighted by Gasteiger charge is 2.25. The Bertz CT molecular complexity index is 345. The van der Waals surface area contributed by atoms with Gasteiger partial charge >= 0.3 is 0 Å². The molecule has 0 amide bonds. The van der Waals surface area contributed by atoms with Crippen LogP contribution in [0.3, 0.4) is 0 Å². The molecule has 1 heterocycles. The first kappa shape index (κ1) is 16.2. The molecule has 0 saturated heterocycles. The van der Waals surface area contributed by atoms with Crippen molar-refractivity contribution < 1.29 is 4.74 Å². The van der Waals surface area contributed by atoms with E-state index in [1.54, 1.807) is 7.11 Å². The molecule has 0 aliphatic heterocycles. The molecule has 4 nitrogen and oxygen atoms in total. The first-order valence-corrected chi connectivity index (χ1v) is 7.33. The SMILES string of the molecule is CCC(CC)(CCc1nccn1C)CNCCOC. The van der Waals surface area contributed by atoms with Gasteiger partial charge in [-0.2, -0.15) is 0 Å². The summed E-state index contributed by atoms with van der Waals surface area (Å²) in [4.78, 5) is 4.42. The van der Waals surface area contributed by atoms with Gasteiger partial charge in [0.2, 0.25) is 0 Å². The van der Waals surface area contributed by atoms with E-state index in [1.807, 2.05) is 12.4 Å². The summed E-state index contributed by atoms with van der Waals surface area (Å²) in [6.45, 7) is 7.36. The molecule has 0 aromatic carbocycles. The molecule has 0 atom stereocenters. The summed E-state index contributed by atoms with van der Waals surface area (Å²) in [5.41, 5.74) is 0.375. The van der Waals surface area contributed by atoms with Gasteiger partial charge in [0.15, 0.2) is 0 Å². The van der Waals surface area contributed by atoms with Crippen molar-refractivity contribution in [2.75, 3.05) is 26.8 Å². The van der Waals surface area contributed by atoms with E-state index >= 15 is 0 Å². The Kier molecular flexibility index (Phi) is 7.10. The van der Waals surface area contributed by atoms with Crippen molar-refractivity contribution in [3.63, 3.8) is 0 Å². The van der Waals surface area contributed by atoms with Crippen LogP contribution in [0.5, 0.6) is 0 Å². The Hall–Kier alpha value is -0.870. The molecule has 1 aromatic rings. The maximum atomic E-state index is 5.08. The minimum Gasteiger partial charge on any atom is -0.383 e. The second-order valence-corrected chi connectivity index (χ2v) is 5.33. The van der Waals surface area contributed by atoms with Gasteiger partial charge in [0, 0.05) is 46.1 Å². The second kappa shape index (κ2) is 8.33. The van der Waals surface area contributed by atoms with Gasteiger partial charge in [-0.05, 0) is 24.7 Å². The zero-order chi connectivity index (χ0) is 14.1. The van der Waals surface area contributed by atoms with E-state index in [0.717, 1.165) is 26.1 Å². The maximum Gasteiger partial charge on any atom is 0.108 e. The standard InChI is InChI=1S/C15H29N3O/c1-5-15(6-2,13-16-10-12-19-4)8-7-14-17-9-11-18(14)3/h9,11,16H,5-8,10,12-13H2,1-4H3. The topological polar surface area (TPSA) is 39.1 Å². The summed E-state index contributed by atoms with van der Waals surface area (Å²) >= 11 is 0. The fourth-order valence-electron chi connectivity index (χ4n) is 2.48. The van der Waals surface area contributed by atoms with Crippen molar-refractivity contribution in [1.29, 1.82) is 0 Å². The molecule has 110 valence electrons. The lowest BCUT2D eigenvalue weighted by atomic mass is 9.78. The van der Waals surface area contributed by atoms with Gasteiger partial charge in [-0.1, -0.05) is 13.8 Å². The van der Waals surface area contributed by atoms with Crippen LogP contribution in [0, 0.1) is 5.41 Å². The van der Waals surface area contributed by atoms with Crippen molar-refractivity contribution in [1.82, 2.24) is 14.9 Å². The van der Waals surface area contributed by atoms with E-state index in [9.17, 15) is 0 Å². The molecule has 1 aromatic heterocycles. The van der Waals surface area contributed by atoms with Crippen LogP contribution in [0.2, 0.25) is 0 Å². The molecule has 0 saturated carbocycles. The van der Waals surface area contributed by atoms with E-state index in [4.69, 9.17) is 4.74 Å². The number of hydrogen-bond donors (Lipinski definition) is 1. The largest absolute Gasteiger partial charge is 0.383 e. The van der Waals surface area contributed by atoms with E-state index in [1.165, 1.54) is 25.1 Å². The summed E-state index contributed by atoms with van der Waals surface area (Å²) in [6, 6.07) is 0. The Labute approximate surface area is 117 Å². The number of hydrogen-bond acceptors (Lipinski definition) is 3. The fourth-order valence-corrected chi connectivity index (χ4v) is 2.48. The molecule has 0 unspecified atom stereocenters. The van der Waals surface area contributed by atoms with Crippen molar-refractivity contribution in [2.45, 2.75) is 39.5 Å². The highest BCUT2D eigenvalue weighted by molar-refractivity contribution is 4.93. The summed E-state index contributed by atoms with van der Waals surface area (Å²) in [7, 11) is 3.81. The lowest BCUT2D eigenvalue weighted by Gasteiger charge is -2.32. The van der Waals surface area contributed by atoms with Crippen molar-refractivity contribution in [3.8, 4) is 0 Å².